The second-order valence-electron chi connectivity index (χ2n) is 10.7. The molecule has 3 aliphatic heterocycles. The van der Waals surface area contributed by atoms with E-state index in [1.165, 1.54) is 0 Å². The minimum Gasteiger partial charge on any atom is -0.394 e. The summed E-state index contributed by atoms with van der Waals surface area (Å²) in [6.07, 6.45) is 2.79. The second-order valence-corrected chi connectivity index (χ2v) is 13.0. The Balaban J connectivity index is 1.77. The number of benzene rings is 1. The maximum absolute atomic E-state index is 14.1. The van der Waals surface area contributed by atoms with Gasteiger partial charge in [-0.15, -0.1) is 11.8 Å². The molecule has 2 bridgehead atoms. The second kappa shape index (κ2) is 9.94. The number of fused-ring (bicyclic) bond motifs is 1. The van der Waals surface area contributed by atoms with Crippen LogP contribution in [0.4, 0.5) is 5.69 Å². The van der Waals surface area contributed by atoms with Crippen molar-refractivity contribution in [1.29, 1.82) is 0 Å². The average Bonchev–Trinajstić information content (AvgIpc) is 3.38. The van der Waals surface area contributed by atoms with E-state index in [2.05, 4.69) is 17.6 Å². The van der Waals surface area contributed by atoms with Crippen molar-refractivity contribution in [3.8, 4) is 0 Å². The molecule has 3 amide bonds. The Morgan fingerprint density at radius 2 is 1.97 bits per heavy atom. The van der Waals surface area contributed by atoms with Crippen LogP contribution in [0.15, 0.2) is 24.3 Å². The molecule has 3 heterocycles. The van der Waals surface area contributed by atoms with Crippen LogP contribution in [0.1, 0.15) is 53.4 Å². The number of thioether (sulfide) groups is 1. The molecular formula is C26H36ClN3O4S. The standard InChI is InChI=1S/C26H36ClN3O4S/c1-5-12-28-22(32)19-20-24(34)30(16(14-31)13-15(2)3)21(26(20)11-10-25(19,4)35-26)23(33)29-18-9-7-6-8-17(18)27/h6-9,15-16,19-21,31H,5,10-14H2,1-4H3,(H,28,32)(H,29,33)/t16-,19-,20+,21?,25+,26?/m1/s1. The zero-order valence-electron chi connectivity index (χ0n) is 20.8. The molecule has 3 N–H and O–H groups in total. The Morgan fingerprint density at radius 1 is 1.26 bits per heavy atom. The summed E-state index contributed by atoms with van der Waals surface area (Å²) in [7, 11) is 0. The number of carbonyl (C=O) groups is 3. The van der Waals surface area contributed by atoms with E-state index in [1.807, 2.05) is 20.8 Å². The van der Waals surface area contributed by atoms with Crippen molar-refractivity contribution in [2.24, 2.45) is 17.8 Å². The van der Waals surface area contributed by atoms with Gasteiger partial charge >= 0.3 is 0 Å². The third-order valence-corrected chi connectivity index (χ3v) is 10.1. The van der Waals surface area contributed by atoms with Gasteiger partial charge in [0.25, 0.3) is 0 Å². The van der Waals surface area contributed by atoms with Crippen LogP contribution in [0.3, 0.4) is 0 Å². The Hall–Kier alpha value is -1.77. The Kier molecular flexibility index (Phi) is 7.47. The first-order chi connectivity index (χ1) is 16.6. The van der Waals surface area contributed by atoms with Crippen LogP contribution >= 0.6 is 23.4 Å². The van der Waals surface area contributed by atoms with Crippen LogP contribution in [-0.2, 0) is 14.4 Å². The van der Waals surface area contributed by atoms with E-state index in [-0.39, 0.29) is 30.2 Å². The molecule has 2 unspecified atom stereocenters. The van der Waals surface area contributed by atoms with Gasteiger partial charge in [-0.05, 0) is 50.7 Å². The topological polar surface area (TPSA) is 98.7 Å². The first-order valence-electron chi connectivity index (χ1n) is 12.6. The summed E-state index contributed by atoms with van der Waals surface area (Å²) in [5, 5.41) is 16.7. The van der Waals surface area contributed by atoms with Gasteiger partial charge in [-0.25, -0.2) is 0 Å². The maximum atomic E-state index is 14.1. The fraction of sp³-hybridized carbons (Fsp3) is 0.654. The monoisotopic (exact) mass is 521 g/mol. The third-order valence-electron chi connectivity index (χ3n) is 7.77. The van der Waals surface area contributed by atoms with Gasteiger partial charge in [-0.1, -0.05) is 44.5 Å². The first kappa shape index (κ1) is 26.3. The Bertz CT molecular complexity index is 1010. The van der Waals surface area contributed by atoms with E-state index in [1.54, 1.807) is 40.9 Å². The number of hydrogen-bond donors (Lipinski definition) is 3. The number of nitrogens with one attached hydrogen (secondary N) is 2. The van der Waals surface area contributed by atoms with E-state index in [0.29, 0.717) is 30.1 Å². The molecule has 0 aliphatic carbocycles. The van der Waals surface area contributed by atoms with Crippen LogP contribution in [0, 0.1) is 17.8 Å². The fourth-order valence-electron chi connectivity index (χ4n) is 6.40. The number of hydrogen-bond acceptors (Lipinski definition) is 5. The lowest BCUT2D eigenvalue weighted by Gasteiger charge is -2.37. The number of amides is 3. The van der Waals surface area contributed by atoms with Gasteiger partial charge in [0.05, 0.1) is 39.9 Å². The average molecular weight is 522 g/mol. The highest BCUT2D eigenvalue weighted by atomic mass is 35.5. The smallest absolute Gasteiger partial charge is 0.248 e. The molecule has 1 spiro atoms. The van der Waals surface area contributed by atoms with Crippen molar-refractivity contribution in [2.45, 2.75) is 75.0 Å². The number of aliphatic hydroxyl groups is 1. The van der Waals surface area contributed by atoms with E-state index < -0.39 is 33.4 Å². The number of rotatable bonds is 9. The zero-order valence-corrected chi connectivity index (χ0v) is 22.4. The number of anilines is 1. The molecule has 7 nitrogen and oxygen atoms in total. The fourth-order valence-corrected chi connectivity index (χ4v) is 8.93. The molecular weight excluding hydrogens is 486 g/mol. The summed E-state index contributed by atoms with van der Waals surface area (Å²) in [5.41, 5.74) is 0.483. The number of likely N-dealkylation sites (tertiary alicyclic amines) is 1. The summed E-state index contributed by atoms with van der Waals surface area (Å²) >= 11 is 7.96. The third kappa shape index (κ3) is 4.36. The van der Waals surface area contributed by atoms with E-state index >= 15 is 0 Å². The predicted octanol–water partition coefficient (Wildman–Crippen LogP) is 3.69. The van der Waals surface area contributed by atoms with Crippen molar-refractivity contribution in [2.75, 3.05) is 18.5 Å². The highest BCUT2D eigenvalue weighted by Crippen LogP contribution is 2.71. The lowest BCUT2D eigenvalue weighted by Crippen LogP contribution is -2.55. The molecule has 9 heteroatoms. The summed E-state index contributed by atoms with van der Waals surface area (Å²) in [6.45, 7) is 8.43. The molecule has 3 saturated heterocycles. The minimum atomic E-state index is -0.803. The van der Waals surface area contributed by atoms with Crippen LogP contribution in [0.2, 0.25) is 5.02 Å². The Labute approximate surface area is 216 Å². The minimum absolute atomic E-state index is 0.113. The number of aliphatic hydroxyl groups excluding tert-OH is 1. The molecule has 0 saturated carbocycles. The summed E-state index contributed by atoms with van der Waals surface area (Å²) in [6, 6.07) is 5.71. The van der Waals surface area contributed by atoms with Crippen LogP contribution in [-0.4, -0.2) is 62.5 Å². The number of nitrogens with zero attached hydrogens (tertiary/aromatic N) is 1. The molecule has 0 radical (unpaired) electrons. The van der Waals surface area contributed by atoms with Gasteiger partial charge in [0.2, 0.25) is 17.7 Å². The zero-order chi connectivity index (χ0) is 25.5. The predicted molar refractivity (Wildman–Crippen MR) is 139 cm³/mol. The van der Waals surface area contributed by atoms with Crippen molar-refractivity contribution in [3.05, 3.63) is 29.3 Å². The largest absolute Gasteiger partial charge is 0.394 e. The summed E-state index contributed by atoms with van der Waals surface area (Å²) < 4.78 is -1.14. The van der Waals surface area contributed by atoms with Gasteiger partial charge in [0.15, 0.2) is 0 Å². The van der Waals surface area contributed by atoms with Crippen molar-refractivity contribution in [1.82, 2.24) is 10.2 Å². The van der Waals surface area contributed by atoms with E-state index in [0.717, 1.165) is 12.8 Å². The van der Waals surface area contributed by atoms with E-state index in [4.69, 9.17) is 11.6 Å². The first-order valence-corrected chi connectivity index (χ1v) is 13.8. The molecule has 35 heavy (non-hydrogen) atoms. The lowest BCUT2D eigenvalue weighted by molar-refractivity contribution is -0.143. The molecule has 4 rings (SSSR count). The van der Waals surface area contributed by atoms with Crippen LogP contribution < -0.4 is 10.6 Å². The van der Waals surface area contributed by atoms with Crippen molar-refractivity contribution < 1.29 is 19.5 Å². The van der Waals surface area contributed by atoms with Crippen LogP contribution in [0.25, 0.3) is 0 Å². The van der Waals surface area contributed by atoms with Gasteiger partial charge in [-0.3, -0.25) is 14.4 Å². The lowest BCUT2D eigenvalue weighted by atomic mass is 9.66. The molecule has 3 aliphatic rings. The van der Waals surface area contributed by atoms with Gasteiger partial charge in [-0.2, -0.15) is 0 Å². The molecule has 0 aromatic heterocycles. The van der Waals surface area contributed by atoms with Gasteiger partial charge in [0, 0.05) is 11.3 Å². The van der Waals surface area contributed by atoms with Crippen LogP contribution in [0.5, 0.6) is 0 Å². The highest BCUT2D eigenvalue weighted by molar-refractivity contribution is 8.02. The quantitative estimate of drug-likeness (QED) is 0.460. The number of carbonyl (C=O) groups excluding carboxylic acids is 3. The summed E-state index contributed by atoms with van der Waals surface area (Å²) in [5.74, 6) is -1.53. The molecule has 1 aromatic rings. The van der Waals surface area contributed by atoms with E-state index in [9.17, 15) is 19.5 Å². The number of para-hydroxylation sites is 1. The van der Waals surface area contributed by atoms with Crippen molar-refractivity contribution >= 4 is 46.8 Å². The molecule has 3 fully saturated rings. The van der Waals surface area contributed by atoms with Gasteiger partial charge < -0.3 is 20.6 Å². The highest BCUT2D eigenvalue weighted by Gasteiger charge is 2.77. The SMILES string of the molecule is CCCNC(=O)[C@H]1[C@H]2C(=O)N([C@@H](CO)CC(C)C)C(C(=O)Nc3ccccc3Cl)C23CC[C@]1(C)S3. The maximum Gasteiger partial charge on any atom is 0.248 e. The molecule has 6 atom stereocenters. The summed E-state index contributed by atoms with van der Waals surface area (Å²) in [4.78, 5) is 43.0. The molecule has 192 valence electrons. The normalized spacial score (nSPS) is 32.1. The Morgan fingerprint density at radius 3 is 2.60 bits per heavy atom. The van der Waals surface area contributed by atoms with Crippen molar-refractivity contribution in [3.63, 3.8) is 0 Å². The number of halogens is 1. The van der Waals surface area contributed by atoms with Gasteiger partial charge in [0.1, 0.15) is 6.04 Å². The molecule has 1 aromatic carbocycles.